The van der Waals surface area contributed by atoms with Gasteiger partial charge in [0.25, 0.3) is 5.91 Å². The van der Waals surface area contributed by atoms with Crippen molar-refractivity contribution in [3.05, 3.63) is 94.6 Å². The van der Waals surface area contributed by atoms with Gasteiger partial charge in [0, 0.05) is 6.54 Å². The molecule has 3 rings (SSSR count). The van der Waals surface area contributed by atoms with E-state index in [0.717, 1.165) is 17.7 Å². The third kappa shape index (κ3) is 4.95. The maximum Gasteiger partial charge on any atom is 0.338 e. The van der Waals surface area contributed by atoms with Crippen LogP contribution in [-0.4, -0.2) is 17.0 Å². The number of carboxylic acids is 1. The zero-order chi connectivity index (χ0) is 21.0. The quantitative estimate of drug-likeness (QED) is 0.633. The van der Waals surface area contributed by atoms with Gasteiger partial charge in [0.15, 0.2) is 0 Å². The molecule has 0 saturated carbocycles. The fraction of sp³-hybridized carbons (Fsp3) is 0.0909. The number of hydrogen-bond acceptors (Lipinski definition) is 3. The molecule has 2 N–H and O–H groups in total. The summed E-state index contributed by atoms with van der Waals surface area (Å²) < 4.78 is 32.6. The summed E-state index contributed by atoms with van der Waals surface area (Å²) in [6, 6.07) is 14.1. The van der Waals surface area contributed by atoms with Crippen molar-refractivity contribution in [2.75, 3.05) is 0 Å². The molecule has 0 aliphatic rings. The highest BCUT2D eigenvalue weighted by Crippen LogP contribution is 2.26. The molecular weight excluding hydrogens is 380 g/mol. The van der Waals surface area contributed by atoms with Crippen molar-refractivity contribution in [1.82, 2.24) is 5.32 Å². The van der Waals surface area contributed by atoms with E-state index in [1.54, 1.807) is 18.2 Å². The van der Waals surface area contributed by atoms with Crippen LogP contribution >= 0.6 is 0 Å². The average Bonchev–Trinajstić information content (AvgIpc) is 2.69. The number of aromatic carboxylic acids is 1. The Morgan fingerprint density at radius 1 is 0.966 bits per heavy atom. The number of halogens is 2. The second-order valence-electron chi connectivity index (χ2n) is 6.36. The van der Waals surface area contributed by atoms with Crippen LogP contribution in [0, 0.1) is 18.6 Å². The van der Waals surface area contributed by atoms with Crippen LogP contribution in [0.5, 0.6) is 11.5 Å². The van der Waals surface area contributed by atoms with Gasteiger partial charge < -0.3 is 15.2 Å². The van der Waals surface area contributed by atoms with Gasteiger partial charge in [-0.15, -0.1) is 0 Å². The zero-order valence-corrected chi connectivity index (χ0v) is 15.4. The van der Waals surface area contributed by atoms with Crippen molar-refractivity contribution < 1.29 is 28.2 Å². The van der Waals surface area contributed by atoms with E-state index in [2.05, 4.69) is 5.32 Å². The van der Waals surface area contributed by atoms with E-state index in [9.17, 15) is 18.4 Å². The molecule has 5 nitrogen and oxygen atoms in total. The lowest BCUT2D eigenvalue weighted by molar-refractivity contribution is 0.0691. The first-order valence-electron chi connectivity index (χ1n) is 8.67. The third-order valence-electron chi connectivity index (χ3n) is 4.14. The van der Waals surface area contributed by atoms with E-state index < -0.39 is 29.1 Å². The van der Waals surface area contributed by atoms with E-state index in [-0.39, 0.29) is 17.9 Å². The fourth-order valence-corrected chi connectivity index (χ4v) is 2.66. The summed E-state index contributed by atoms with van der Waals surface area (Å²) in [7, 11) is 0. The average molecular weight is 397 g/mol. The minimum atomic E-state index is -1.36. The van der Waals surface area contributed by atoms with Crippen molar-refractivity contribution in [1.29, 1.82) is 0 Å². The molecular formula is C22H17F2NO4. The predicted octanol–water partition coefficient (Wildman–Crippen LogP) is 4.69. The first-order valence-corrected chi connectivity index (χ1v) is 8.67. The predicted molar refractivity (Wildman–Crippen MR) is 102 cm³/mol. The Balaban J connectivity index is 1.76. The van der Waals surface area contributed by atoms with Crippen LogP contribution in [0.4, 0.5) is 8.78 Å². The van der Waals surface area contributed by atoms with Gasteiger partial charge in [-0.3, -0.25) is 4.79 Å². The van der Waals surface area contributed by atoms with E-state index in [0.29, 0.717) is 11.3 Å². The fourth-order valence-electron chi connectivity index (χ4n) is 2.66. The van der Waals surface area contributed by atoms with Gasteiger partial charge in [-0.2, -0.15) is 0 Å². The van der Waals surface area contributed by atoms with E-state index in [1.807, 2.05) is 6.92 Å². The summed E-state index contributed by atoms with van der Waals surface area (Å²) in [4.78, 5) is 23.5. The van der Waals surface area contributed by atoms with Crippen molar-refractivity contribution in [3.8, 4) is 11.5 Å². The first-order chi connectivity index (χ1) is 13.8. The van der Waals surface area contributed by atoms with Crippen LogP contribution in [-0.2, 0) is 6.54 Å². The van der Waals surface area contributed by atoms with Gasteiger partial charge in [0.1, 0.15) is 23.1 Å². The monoisotopic (exact) mass is 397 g/mol. The molecule has 7 heteroatoms. The molecule has 3 aromatic rings. The van der Waals surface area contributed by atoms with Crippen LogP contribution in [0.2, 0.25) is 0 Å². The summed E-state index contributed by atoms with van der Waals surface area (Å²) in [5, 5.41) is 11.5. The third-order valence-corrected chi connectivity index (χ3v) is 4.14. The summed E-state index contributed by atoms with van der Waals surface area (Å²) in [6.45, 7) is 1.82. The van der Waals surface area contributed by atoms with Crippen LogP contribution in [0.15, 0.2) is 60.7 Å². The van der Waals surface area contributed by atoms with Crippen molar-refractivity contribution in [3.63, 3.8) is 0 Å². The summed E-state index contributed by atoms with van der Waals surface area (Å²) in [5.74, 6) is -2.43. The number of rotatable bonds is 6. The number of aryl methyl sites for hydroxylation is 1. The minimum Gasteiger partial charge on any atom is -0.478 e. The Kier molecular flexibility index (Phi) is 5.87. The molecule has 29 heavy (non-hydrogen) atoms. The highest BCUT2D eigenvalue weighted by molar-refractivity contribution is 5.97. The Morgan fingerprint density at radius 3 is 2.34 bits per heavy atom. The number of amides is 1. The molecule has 0 heterocycles. The number of carboxylic acid groups (broad SMARTS) is 1. The van der Waals surface area contributed by atoms with Gasteiger partial charge in [-0.05, 0) is 61.0 Å². The van der Waals surface area contributed by atoms with E-state index in [4.69, 9.17) is 9.84 Å². The second-order valence-corrected chi connectivity index (χ2v) is 6.36. The summed E-state index contributed by atoms with van der Waals surface area (Å²) >= 11 is 0. The molecule has 0 aliphatic carbocycles. The lowest BCUT2D eigenvalue weighted by Gasteiger charge is -2.13. The topological polar surface area (TPSA) is 75.6 Å². The van der Waals surface area contributed by atoms with Crippen LogP contribution in [0.1, 0.15) is 31.8 Å². The standard InChI is InChI=1S/C22H17F2NO4/c1-13-2-9-20(29-16-6-4-15(23)5-7-16)18(10-13)21(26)25-12-14-3-8-17(22(27)28)19(24)11-14/h2-11H,12H2,1H3,(H,25,26)(H,27,28). The molecule has 0 fully saturated rings. The van der Waals surface area contributed by atoms with Gasteiger partial charge in [0.05, 0.1) is 11.1 Å². The van der Waals surface area contributed by atoms with E-state index in [1.165, 1.54) is 30.3 Å². The van der Waals surface area contributed by atoms with E-state index >= 15 is 0 Å². The second kappa shape index (κ2) is 8.52. The maximum atomic E-state index is 13.8. The molecule has 0 unspecified atom stereocenters. The number of benzene rings is 3. The molecule has 0 saturated heterocycles. The van der Waals surface area contributed by atoms with Crippen LogP contribution < -0.4 is 10.1 Å². The van der Waals surface area contributed by atoms with Crippen LogP contribution in [0.3, 0.4) is 0 Å². The smallest absolute Gasteiger partial charge is 0.338 e. The van der Waals surface area contributed by atoms with Gasteiger partial charge in [0.2, 0.25) is 0 Å². The number of ether oxygens (including phenoxy) is 1. The van der Waals surface area contributed by atoms with Gasteiger partial charge in [-0.1, -0.05) is 17.7 Å². The molecule has 0 aliphatic heterocycles. The Labute approximate surface area is 165 Å². The molecule has 0 radical (unpaired) electrons. The Morgan fingerprint density at radius 2 is 1.69 bits per heavy atom. The molecule has 1 amide bonds. The molecule has 0 atom stereocenters. The number of hydrogen-bond donors (Lipinski definition) is 2. The largest absolute Gasteiger partial charge is 0.478 e. The van der Waals surface area contributed by atoms with Crippen molar-refractivity contribution in [2.45, 2.75) is 13.5 Å². The minimum absolute atomic E-state index is 0.000414. The first kappa shape index (κ1) is 20.0. The molecule has 3 aromatic carbocycles. The molecule has 0 aromatic heterocycles. The van der Waals surface area contributed by atoms with Gasteiger partial charge in [-0.25, -0.2) is 13.6 Å². The number of carbonyl (C=O) groups is 2. The Hall–Kier alpha value is -3.74. The maximum absolute atomic E-state index is 13.8. The van der Waals surface area contributed by atoms with Crippen molar-refractivity contribution >= 4 is 11.9 Å². The lowest BCUT2D eigenvalue weighted by Crippen LogP contribution is -2.23. The van der Waals surface area contributed by atoms with Crippen molar-refractivity contribution in [2.24, 2.45) is 0 Å². The van der Waals surface area contributed by atoms with Crippen LogP contribution in [0.25, 0.3) is 0 Å². The number of nitrogens with one attached hydrogen (secondary N) is 1. The normalized spacial score (nSPS) is 10.4. The molecule has 148 valence electrons. The highest BCUT2D eigenvalue weighted by Gasteiger charge is 2.15. The summed E-state index contributed by atoms with van der Waals surface area (Å²) in [6.07, 6.45) is 0. The number of carbonyl (C=O) groups excluding carboxylic acids is 1. The lowest BCUT2D eigenvalue weighted by atomic mass is 10.1. The molecule has 0 spiro atoms. The Bertz CT molecular complexity index is 1060. The highest BCUT2D eigenvalue weighted by atomic mass is 19.1. The summed E-state index contributed by atoms with van der Waals surface area (Å²) in [5.41, 5.74) is 1.07. The molecule has 0 bridgehead atoms. The van der Waals surface area contributed by atoms with Gasteiger partial charge >= 0.3 is 5.97 Å². The zero-order valence-electron chi connectivity index (χ0n) is 15.4. The SMILES string of the molecule is Cc1ccc(Oc2ccc(F)cc2)c(C(=O)NCc2ccc(C(=O)O)c(F)c2)c1.